The molecule has 0 N–H and O–H groups in total. The number of hydrogen-bond donors (Lipinski definition) is 0. The number of hydrogen-bond acceptors (Lipinski definition) is 5. The van der Waals surface area contributed by atoms with E-state index in [1.807, 2.05) is 12.1 Å². The van der Waals surface area contributed by atoms with Gasteiger partial charge in [0.15, 0.2) is 6.10 Å². The summed E-state index contributed by atoms with van der Waals surface area (Å²) in [6, 6.07) is 11.6. The Morgan fingerprint density at radius 3 is 2.08 bits per heavy atom. The van der Waals surface area contributed by atoms with Crippen molar-refractivity contribution in [1.82, 2.24) is 0 Å². The molecule has 0 saturated carbocycles. The molecule has 2 aromatic carbocycles. The maximum Gasteiger partial charge on any atom is 0.338 e. The minimum Gasteiger partial charge on any atom is -0.465 e. The number of fused-ring (bicyclic) bond motifs is 1. The van der Waals surface area contributed by atoms with Crippen molar-refractivity contribution in [2.24, 2.45) is 0 Å². The molecule has 0 bridgehead atoms. The molecular formula is C21H20O5. The summed E-state index contributed by atoms with van der Waals surface area (Å²) in [5.74, 6) is -1.31. The van der Waals surface area contributed by atoms with Crippen molar-refractivity contribution in [1.29, 1.82) is 0 Å². The number of carbonyl (C=O) groups excluding carboxylic acids is 3. The fraction of sp³-hybridized carbons (Fsp3) is 0.286. The SMILES string of the molecule is COC(=O)c1ccc(C(=O)O[C@H](C)C(=O)c2ccc3c(c2)CCC3)cc1. The smallest absolute Gasteiger partial charge is 0.338 e. The van der Waals surface area contributed by atoms with Gasteiger partial charge >= 0.3 is 11.9 Å². The van der Waals surface area contributed by atoms with Gasteiger partial charge in [0.1, 0.15) is 0 Å². The Morgan fingerprint density at radius 2 is 1.42 bits per heavy atom. The zero-order valence-electron chi connectivity index (χ0n) is 14.8. The highest BCUT2D eigenvalue weighted by Gasteiger charge is 2.22. The van der Waals surface area contributed by atoms with Crippen molar-refractivity contribution >= 4 is 17.7 Å². The molecule has 0 amide bonds. The summed E-state index contributed by atoms with van der Waals surface area (Å²) in [6.45, 7) is 1.57. The second-order valence-corrected chi connectivity index (χ2v) is 6.32. The first kappa shape index (κ1) is 17.9. The fourth-order valence-corrected chi connectivity index (χ4v) is 3.10. The molecule has 0 radical (unpaired) electrons. The van der Waals surface area contributed by atoms with Gasteiger partial charge in [0.25, 0.3) is 0 Å². The average Bonchev–Trinajstić information content (AvgIpc) is 3.14. The average molecular weight is 352 g/mol. The number of Topliss-reactive ketones (excluding diaryl/α,β-unsaturated/α-hetero) is 1. The first-order valence-electron chi connectivity index (χ1n) is 8.55. The Bertz CT molecular complexity index is 851. The Morgan fingerprint density at radius 1 is 0.846 bits per heavy atom. The molecule has 1 atom stereocenters. The van der Waals surface area contributed by atoms with Gasteiger partial charge in [0.05, 0.1) is 18.2 Å². The minimum absolute atomic E-state index is 0.223. The number of esters is 2. The van der Waals surface area contributed by atoms with Gasteiger partial charge in [-0.3, -0.25) is 4.79 Å². The zero-order valence-corrected chi connectivity index (χ0v) is 14.8. The molecule has 1 aliphatic carbocycles. The summed E-state index contributed by atoms with van der Waals surface area (Å²) < 4.78 is 9.91. The number of carbonyl (C=O) groups is 3. The van der Waals surface area contributed by atoms with Crippen LogP contribution in [-0.4, -0.2) is 30.9 Å². The van der Waals surface area contributed by atoms with E-state index < -0.39 is 18.0 Å². The third kappa shape index (κ3) is 3.67. The lowest BCUT2D eigenvalue weighted by Crippen LogP contribution is -2.24. The number of methoxy groups -OCH3 is 1. The third-order valence-corrected chi connectivity index (χ3v) is 4.58. The molecule has 0 unspecified atom stereocenters. The van der Waals surface area contributed by atoms with Gasteiger partial charge in [-0.2, -0.15) is 0 Å². The monoisotopic (exact) mass is 352 g/mol. The van der Waals surface area contributed by atoms with Crippen LogP contribution in [0.5, 0.6) is 0 Å². The van der Waals surface area contributed by atoms with Crippen molar-refractivity contribution in [3.05, 3.63) is 70.3 Å². The summed E-state index contributed by atoms with van der Waals surface area (Å²) in [5.41, 5.74) is 3.66. The highest BCUT2D eigenvalue weighted by Crippen LogP contribution is 2.23. The second-order valence-electron chi connectivity index (χ2n) is 6.32. The Kier molecular flexibility index (Phi) is 5.16. The van der Waals surface area contributed by atoms with Crippen LogP contribution in [0.1, 0.15) is 55.5 Å². The summed E-state index contributed by atoms with van der Waals surface area (Å²) in [6.07, 6.45) is 2.26. The van der Waals surface area contributed by atoms with Crippen LogP contribution < -0.4 is 0 Å². The number of rotatable bonds is 5. The largest absolute Gasteiger partial charge is 0.465 e. The maximum atomic E-state index is 12.6. The minimum atomic E-state index is -0.887. The van der Waals surface area contributed by atoms with Crippen LogP contribution in [-0.2, 0) is 22.3 Å². The van der Waals surface area contributed by atoms with Gasteiger partial charge in [-0.25, -0.2) is 9.59 Å². The molecule has 0 fully saturated rings. The predicted octanol–water partition coefficient (Wildman–Crippen LogP) is 3.39. The van der Waals surface area contributed by atoms with Crippen LogP contribution in [0.15, 0.2) is 42.5 Å². The second kappa shape index (κ2) is 7.52. The molecule has 3 rings (SSSR count). The molecule has 134 valence electrons. The van der Waals surface area contributed by atoms with Crippen molar-refractivity contribution in [2.45, 2.75) is 32.3 Å². The lowest BCUT2D eigenvalue weighted by atomic mass is 10.0. The summed E-state index contributed by atoms with van der Waals surface area (Å²) in [7, 11) is 1.29. The molecule has 0 aromatic heterocycles. The molecule has 5 heteroatoms. The van der Waals surface area contributed by atoms with Crippen LogP contribution in [0.2, 0.25) is 0 Å². The fourth-order valence-electron chi connectivity index (χ4n) is 3.10. The third-order valence-electron chi connectivity index (χ3n) is 4.58. The lowest BCUT2D eigenvalue weighted by Gasteiger charge is -2.13. The lowest BCUT2D eigenvalue weighted by molar-refractivity contribution is 0.0318. The van der Waals surface area contributed by atoms with Crippen molar-refractivity contribution in [3.63, 3.8) is 0 Å². The molecular weight excluding hydrogens is 332 g/mol. The van der Waals surface area contributed by atoms with Gasteiger partial charge in [0.2, 0.25) is 5.78 Å². The zero-order chi connectivity index (χ0) is 18.7. The molecule has 0 aliphatic heterocycles. The maximum absolute atomic E-state index is 12.6. The highest BCUT2D eigenvalue weighted by atomic mass is 16.5. The molecule has 2 aromatic rings. The standard InChI is InChI=1S/C21H20O5/c1-13(19(22)18-11-6-14-4-3-5-17(14)12-18)26-21(24)16-9-7-15(8-10-16)20(23)25-2/h6-13H,3-5H2,1-2H3/t13-/m1/s1. The quantitative estimate of drug-likeness (QED) is 0.609. The van der Waals surface area contributed by atoms with Crippen molar-refractivity contribution in [3.8, 4) is 0 Å². The van der Waals surface area contributed by atoms with E-state index in [1.54, 1.807) is 13.0 Å². The van der Waals surface area contributed by atoms with E-state index in [0.717, 1.165) is 19.3 Å². The van der Waals surface area contributed by atoms with E-state index in [4.69, 9.17) is 4.74 Å². The summed E-state index contributed by atoms with van der Waals surface area (Å²) in [5, 5.41) is 0. The highest BCUT2D eigenvalue weighted by molar-refractivity contribution is 6.01. The number of benzene rings is 2. The molecule has 1 aliphatic rings. The van der Waals surface area contributed by atoms with E-state index in [2.05, 4.69) is 4.74 Å². The Labute approximate surface area is 151 Å². The first-order valence-corrected chi connectivity index (χ1v) is 8.55. The van der Waals surface area contributed by atoms with Crippen LogP contribution in [0.25, 0.3) is 0 Å². The van der Waals surface area contributed by atoms with Gasteiger partial charge < -0.3 is 9.47 Å². The molecule has 5 nitrogen and oxygen atoms in total. The van der Waals surface area contributed by atoms with Crippen LogP contribution in [0, 0.1) is 0 Å². The number of ether oxygens (including phenoxy) is 2. The molecule has 0 heterocycles. The van der Waals surface area contributed by atoms with E-state index >= 15 is 0 Å². The van der Waals surface area contributed by atoms with Gasteiger partial charge in [-0.1, -0.05) is 12.1 Å². The van der Waals surface area contributed by atoms with Crippen LogP contribution in [0.3, 0.4) is 0 Å². The normalized spacial score (nSPS) is 13.6. The van der Waals surface area contributed by atoms with E-state index in [0.29, 0.717) is 11.1 Å². The molecule has 0 saturated heterocycles. The van der Waals surface area contributed by atoms with Gasteiger partial charge in [0, 0.05) is 5.56 Å². The first-order chi connectivity index (χ1) is 12.5. The Balaban J connectivity index is 1.67. The predicted molar refractivity (Wildman–Crippen MR) is 95.5 cm³/mol. The summed E-state index contributed by atoms with van der Waals surface area (Å²) >= 11 is 0. The van der Waals surface area contributed by atoms with Crippen molar-refractivity contribution < 1.29 is 23.9 Å². The van der Waals surface area contributed by atoms with Gasteiger partial charge in [-0.15, -0.1) is 0 Å². The van der Waals surface area contributed by atoms with E-state index in [9.17, 15) is 14.4 Å². The molecule has 0 spiro atoms. The molecule has 26 heavy (non-hydrogen) atoms. The number of aryl methyl sites for hydroxylation is 2. The van der Waals surface area contributed by atoms with E-state index in [1.165, 1.54) is 42.5 Å². The summed E-state index contributed by atoms with van der Waals surface area (Å²) in [4.78, 5) is 36.2. The van der Waals surface area contributed by atoms with Crippen molar-refractivity contribution in [2.75, 3.05) is 7.11 Å². The number of ketones is 1. The van der Waals surface area contributed by atoms with Gasteiger partial charge in [-0.05, 0) is 67.6 Å². The topological polar surface area (TPSA) is 69.7 Å². The van der Waals surface area contributed by atoms with Crippen LogP contribution in [0.4, 0.5) is 0 Å². The van der Waals surface area contributed by atoms with Crippen LogP contribution >= 0.6 is 0 Å². The van der Waals surface area contributed by atoms with E-state index in [-0.39, 0.29) is 11.3 Å². The Hall–Kier alpha value is -2.95.